The number of likely N-dealkylation sites (N-methyl/N-ethyl adjacent to an activating group) is 1. The first kappa shape index (κ1) is 21.5. The summed E-state index contributed by atoms with van der Waals surface area (Å²) in [7, 11) is 0. The molecule has 3 amide bonds. The predicted molar refractivity (Wildman–Crippen MR) is 112 cm³/mol. The van der Waals surface area contributed by atoms with E-state index in [9.17, 15) is 14.4 Å². The van der Waals surface area contributed by atoms with E-state index in [1.54, 1.807) is 0 Å². The quantitative estimate of drug-likeness (QED) is 0.648. The van der Waals surface area contributed by atoms with Crippen molar-refractivity contribution in [3.8, 4) is 0 Å². The van der Waals surface area contributed by atoms with E-state index >= 15 is 0 Å². The van der Waals surface area contributed by atoms with Gasteiger partial charge in [-0.1, -0.05) is 57.0 Å². The van der Waals surface area contributed by atoms with E-state index in [1.165, 1.54) is 10.5 Å². The molecule has 1 aromatic rings. The minimum absolute atomic E-state index is 0.0715. The third-order valence-electron chi connectivity index (χ3n) is 6.42. The normalized spacial score (nSPS) is 22.7. The molecule has 3 rings (SSSR count). The van der Waals surface area contributed by atoms with Gasteiger partial charge in [0.05, 0.1) is 17.9 Å². The van der Waals surface area contributed by atoms with E-state index in [1.807, 2.05) is 18.2 Å². The van der Waals surface area contributed by atoms with E-state index in [0.717, 1.165) is 38.8 Å². The van der Waals surface area contributed by atoms with Crippen molar-refractivity contribution in [3.05, 3.63) is 35.9 Å². The number of carbonyl (C=O) groups excluding carboxylic acids is 3. The fourth-order valence-electron chi connectivity index (χ4n) is 4.76. The maximum absolute atomic E-state index is 12.5. The summed E-state index contributed by atoms with van der Waals surface area (Å²) in [6.07, 6.45) is 3.80. The number of benzene rings is 1. The molecule has 0 bridgehead atoms. The van der Waals surface area contributed by atoms with E-state index in [0.29, 0.717) is 6.54 Å². The Hall–Kier alpha value is -2.21. The number of imide groups is 1. The monoisotopic (exact) mass is 399 g/mol. The number of nitrogens with zero attached hydrogens (tertiary/aromatic N) is 2. The second-order valence-corrected chi connectivity index (χ2v) is 8.03. The van der Waals surface area contributed by atoms with Gasteiger partial charge in [0.1, 0.15) is 0 Å². The molecule has 6 nitrogen and oxygen atoms in total. The molecular weight excluding hydrogens is 366 g/mol. The van der Waals surface area contributed by atoms with E-state index in [2.05, 4.69) is 36.2 Å². The predicted octanol–water partition coefficient (Wildman–Crippen LogP) is 2.75. The van der Waals surface area contributed by atoms with Gasteiger partial charge in [0.15, 0.2) is 0 Å². The highest BCUT2D eigenvalue weighted by atomic mass is 16.2. The molecule has 0 spiro atoms. The minimum atomic E-state index is -0.149. The van der Waals surface area contributed by atoms with Crippen LogP contribution in [-0.4, -0.2) is 53.7 Å². The number of rotatable bonds is 9. The number of carbonyl (C=O) groups is 3. The second-order valence-electron chi connectivity index (χ2n) is 8.03. The zero-order chi connectivity index (χ0) is 20.8. The lowest BCUT2D eigenvalue weighted by Crippen LogP contribution is -2.40. The zero-order valence-electron chi connectivity index (χ0n) is 17.6. The number of hydrogen-bond acceptors (Lipinski definition) is 4. The highest BCUT2D eigenvalue weighted by Gasteiger charge is 2.47. The van der Waals surface area contributed by atoms with Crippen LogP contribution in [0, 0.1) is 11.8 Å². The molecule has 0 aromatic heterocycles. The summed E-state index contributed by atoms with van der Waals surface area (Å²) < 4.78 is 0. The second kappa shape index (κ2) is 10.0. The molecular formula is C23H33N3O3. The standard InChI is InChI=1S/C23H33N3O3/c1-3-25(4-2)20(17-10-6-5-7-11-17)16-24-21(27)14-15-26-22(28)18-12-8-9-13-19(18)23(26)29/h5-7,10-11,18-20H,3-4,8-9,12-16H2,1-2H3,(H,24,27)/t18-,19+,20-/m0/s1. The molecule has 1 N–H and O–H groups in total. The lowest BCUT2D eigenvalue weighted by Gasteiger charge is -2.30. The average molecular weight is 400 g/mol. The molecule has 1 aliphatic heterocycles. The number of amides is 3. The van der Waals surface area contributed by atoms with E-state index in [-0.39, 0.29) is 48.6 Å². The van der Waals surface area contributed by atoms with Gasteiger partial charge in [0.2, 0.25) is 17.7 Å². The van der Waals surface area contributed by atoms with Crippen molar-refractivity contribution in [1.82, 2.24) is 15.1 Å². The molecule has 0 radical (unpaired) electrons. The van der Waals surface area contributed by atoms with Crippen LogP contribution in [0.15, 0.2) is 30.3 Å². The summed E-state index contributed by atoms with van der Waals surface area (Å²) in [5, 5.41) is 3.02. The molecule has 1 aromatic carbocycles. The number of likely N-dealkylation sites (tertiary alicyclic amines) is 1. The van der Waals surface area contributed by atoms with Crippen LogP contribution in [0.4, 0.5) is 0 Å². The first-order valence-electron chi connectivity index (χ1n) is 11.0. The summed E-state index contributed by atoms with van der Waals surface area (Å²) in [5.74, 6) is -0.557. The molecule has 3 atom stereocenters. The van der Waals surface area contributed by atoms with Crippen LogP contribution < -0.4 is 5.32 Å². The lowest BCUT2D eigenvalue weighted by molar-refractivity contribution is -0.140. The zero-order valence-corrected chi connectivity index (χ0v) is 17.6. The molecule has 1 saturated heterocycles. The number of fused-ring (bicyclic) bond motifs is 1. The molecule has 0 unspecified atom stereocenters. The molecule has 158 valence electrons. The van der Waals surface area contributed by atoms with Crippen molar-refractivity contribution in [2.24, 2.45) is 11.8 Å². The van der Waals surface area contributed by atoms with Gasteiger partial charge >= 0.3 is 0 Å². The summed E-state index contributed by atoms with van der Waals surface area (Å²) in [4.78, 5) is 41.2. The van der Waals surface area contributed by atoms with Gasteiger partial charge in [-0.25, -0.2) is 0 Å². The van der Waals surface area contributed by atoms with E-state index < -0.39 is 0 Å². The van der Waals surface area contributed by atoms with Crippen molar-refractivity contribution < 1.29 is 14.4 Å². The van der Waals surface area contributed by atoms with Gasteiger partial charge in [-0.15, -0.1) is 0 Å². The Bertz CT molecular complexity index is 693. The molecule has 2 fully saturated rings. The maximum Gasteiger partial charge on any atom is 0.233 e. The molecule has 2 aliphatic rings. The largest absolute Gasteiger partial charge is 0.354 e. The molecule has 1 saturated carbocycles. The van der Waals surface area contributed by atoms with Crippen LogP contribution in [0.25, 0.3) is 0 Å². The Kier molecular flexibility index (Phi) is 7.42. The summed E-state index contributed by atoms with van der Waals surface area (Å²) in [6, 6.07) is 10.3. The van der Waals surface area contributed by atoms with Crippen molar-refractivity contribution >= 4 is 17.7 Å². The van der Waals surface area contributed by atoms with Crippen LogP contribution >= 0.6 is 0 Å². The van der Waals surface area contributed by atoms with Gasteiger partial charge in [0, 0.05) is 19.5 Å². The van der Waals surface area contributed by atoms with Crippen LogP contribution in [0.5, 0.6) is 0 Å². The first-order chi connectivity index (χ1) is 14.1. The highest BCUT2D eigenvalue weighted by molar-refractivity contribution is 6.05. The van der Waals surface area contributed by atoms with Crippen molar-refractivity contribution in [2.75, 3.05) is 26.2 Å². The molecule has 1 aliphatic carbocycles. The van der Waals surface area contributed by atoms with Crippen LogP contribution in [0.1, 0.15) is 57.6 Å². The molecule has 6 heteroatoms. The fraction of sp³-hybridized carbons (Fsp3) is 0.609. The maximum atomic E-state index is 12.5. The Labute approximate surface area is 173 Å². The molecule has 29 heavy (non-hydrogen) atoms. The Morgan fingerprint density at radius 1 is 1.07 bits per heavy atom. The van der Waals surface area contributed by atoms with Crippen LogP contribution in [0.3, 0.4) is 0 Å². The number of hydrogen-bond donors (Lipinski definition) is 1. The first-order valence-corrected chi connectivity index (χ1v) is 11.0. The van der Waals surface area contributed by atoms with Gasteiger partial charge in [-0.3, -0.25) is 24.2 Å². The van der Waals surface area contributed by atoms with Crippen LogP contribution in [0.2, 0.25) is 0 Å². The topological polar surface area (TPSA) is 69.7 Å². The third kappa shape index (κ3) is 4.86. The van der Waals surface area contributed by atoms with Gasteiger partial charge in [-0.05, 0) is 31.5 Å². The Balaban J connectivity index is 1.54. The number of nitrogens with one attached hydrogen (secondary N) is 1. The smallest absolute Gasteiger partial charge is 0.233 e. The van der Waals surface area contributed by atoms with Crippen molar-refractivity contribution in [1.29, 1.82) is 0 Å². The highest BCUT2D eigenvalue weighted by Crippen LogP contribution is 2.37. The fourth-order valence-corrected chi connectivity index (χ4v) is 4.76. The van der Waals surface area contributed by atoms with Gasteiger partial charge in [0.25, 0.3) is 0 Å². The minimum Gasteiger partial charge on any atom is -0.354 e. The summed E-state index contributed by atoms with van der Waals surface area (Å²) in [6.45, 7) is 6.73. The van der Waals surface area contributed by atoms with E-state index in [4.69, 9.17) is 0 Å². The third-order valence-corrected chi connectivity index (χ3v) is 6.42. The SMILES string of the molecule is CCN(CC)[C@@H](CNC(=O)CCN1C(=O)[C@H]2CCCC[C@H]2C1=O)c1ccccc1. The van der Waals surface area contributed by atoms with Crippen molar-refractivity contribution in [2.45, 2.75) is 52.0 Å². The summed E-state index contributed by atoms with van der Waals surface area (Å²) in [5.41, 5.74) is 1.17. The lowest BCUT2D eigenvalue weighted by atomic mass is 9.81. The van der Waals surface area contributed by atoms with Gasteiger partial charge < -0.3 is 5.32 Å². The van der Waals surface area contributed by atoms with Crippen molar-refractivity contribution in [3.63, 3.8) is 0 Å². The van der Waals surface area contributed by atoms with Gasteiger partial charge in [-0.2, -0.15) is 0 Å². The van der Waals surface area contributed by atoms with Crippen LogP contribution in [-0.2, 0) is 14.4 Å². The summed E-state index contributed by atoms with van der Waals surface area (Å²) >= 11 is 0. The average Bonchev–Trinajstić information content (AvgIpc) is 3.00. The Morgan fingerprint density at radius 3 is 2.21 bits per heavy atom. The Morgan fingerprint density at radius 2 is 1.66 bits per heavy atom. The molecule has 1 heterocycles.